The first-order chi connectivity index (χ1) is 12.0. The summed E-state index contributed by atoms with van der Waals surface area (Å²) in [5, 5.41) is 10.9. The lowest BCUT2D eigenvalue weighted by atomic mass is 9.82. The molecule has 132 valence electrons. The highest BCUT2D eigenvalue weighted by Gasteiger charge is 2.26. The van der Waals surface area contributed by atoms with Crippen molar-refractivity contribution in [1.82, 2.24) is 5.32 Å². The molecule has 2 amide bonds. The number of hydrogen-bond acceptors (Lipinski definition) is 5. The van der Waals surface area contributed by atoms with Gasteiger partial charge in [-0.05, 0) is 67.1 Å². The second-order valence-electron chi connectivity index (χ2n) is 6.29. The molecule has 1 heterocycles. The van der Waals surface area contributed by atoms with Crippen molar-refractivity contribution in [1.29, 1.82) is 0 Å². The molecule has 7 heteroatoms. The van der Waals surface area contributed by atoms with Crippen LogP contribution in [0.4, 0.5) is 4.79 Å². The number of hydrogen-bond donors (Lipinski definition) is 2. The molecule has 0 radical (unpaired) electrons. The Balaban J connectivity index is 1.50. The van der Waals surface area contributed by atoms with Gasteiger partial charge in [0.1, 0.15) is 5.75 Å². The molecule has 1 saturated heterocycles. The van der Waals surface area contributed by atoms with Crippen molar-refractivity contribution in [2.24, 2.45) is 11.8 Å². The molecule has 0 bridgehead atoms. The molecule has 3 rings (SSSR count). The molecule has 2 N–H and O–H groups in total. The van der Waals surface area contributed by atoms with E-state index in [2.05, 4.69) is 5.32 Å². The van der Waals surface area contributed by atoms with Crippen molar-refractivity contribution in [3.8, 4) is 5.75 Å². The van der Waals surface area contributed by atoms with Crippen LogP contribution in [-0.2, 0) is 9.59 Å². The minimum atomic E-state index is -0.695. The number of amides is 2. The van der Waals surface area contributed by atoms with Crippen molar-refractivity contribution in [3.63, 3.8) is 0 Å². The van der Waals surface area contributed by atoms with Gasteiger partial charge in [-0.2, -0.15) is 0 Å². The van der Waals surface area contributed by atoms with Gasteiger partial charge in [-0.15, -0.1) is 0 Å². The Labute approximate surface area is 149 Å². The fraction of sp³-hybridized carbons (Fsp3) is 0.389. The SMILES string of the molecule is O=C1NC(=O)/C(=C/c2ccc(OCC3CCC(C(=O)O)CC3)cc2)S1. The minimum absolute atomic E-state index is 0.207. The fourth-order valence-electron chi connectivity index (χ4n) is 3.02. The second kappa shape index (κ2) is 7.74. The molecule has 0 atom stereocenters. The van der Waals surface area contributed by atoms with Gasteiger partial charge in [0.15, 0.2) is 0 Å². The summed E-state index contributed by atoms with van der Waals surface area (Å²) in [6, 6.07) is 7.32. The quantitative estimate of drug-likeness (QED) is 0.782. The number of thioether (sulfide) groups is 1. The van der Waals surface area contributed by atoms with Crippen LogP contribution in [0.1, 0.15) is 31.2 Å². The number of carboxylic acid groups (broad SMARTS) is 1. The molecule has 1 aliphatic carbocycles. The molecule has 2 fully saturated rings. The predicted molar refractivity (Wildman–Crippen MR) is 94.1 cm³/mol. The van der Waals surface area contributed by atoms with E-state index in [1.165, 1.54) is 0 Å². The van der Waals surface area contributed by atoms with Crippen molar-refractivity contribution in [2.75, 3.05) is 6.61 Å². The van der Waals surface area contributed by atoms with Gasteiger partial charge >= 0.3 is 5.97 Å². The zero-order valence-electron chi connectivity index (χ0n) is 13.6. The van der Waals surface area contributed by atoms with Crippen LogP contribution in [-0.4, -0.2) is 28.8 Å². The van der Waals surface area contributed by atoms with Gasteiger partial charge in [0, 0.05) is 0 Å². The molecule has 6 nitrogen and oxygen atoms in total. The zero-order chi connectivity index (χ0) is 17.8. The molecule has 0 unspecified atom stereocenters. The maximum Gasteiger partial charge on any atom is 0.306 e. The first-order valence-electron chi connectivity index (χ1n) is 8.22. The van der Waals surface area contributed by atoms with Crippen LogP contribution in [0.5, 0.6) is 5.75 Å². The molecule has 2 aliphatic rings. The van der Waals surface area contributed by atoms with Crippen molar-refractivity contribution in [2.45, 2.75) is 25.7 Å². The summed E-state index contributed by atoms with van der Waals surface area (Å²) in [6.07, 6.45) is 4.85. The van der Waals surface area contributed by atoms with Crippen LogP contribution in [0.3, 0.4) is 0 Å². The van der Waals surface area contributed by atoms with E-state index < -0.39 is 5.97 Å². The van der Waals surface area contributed by atoms with E-state index >= 15 is 0 Å². The third-order valence-electron chi connectivity index (χ3n) is 4.50. The van der Waals surface area contributed by atoms with Crippen LogP contribution in [0.2, 0.25) is 0 Å². The Kier molecular flexibility index (Phi) is 5.43. The number of carbonyl (C=O) groups excluding carboxylic acids is 2. The highest BCUT2D eigenvalue weighted by Crippen LogP contribution is 2.30. The Hall–Kier alpha value is -2.28. The van der Waals surface area contributed by atoms with Crippen molar-refractivity contribution < 1.29 is 24.2 Å². The lowest BCUT2D eigenvalue weighted by Crippen LogP contribution is -2.24. The normalized spacial score (nSPS) is 25.0. The lowest BCUT2D eigenvalue weighted by molar-refractivity contribution is -0.143. The van der Waals surface area contributed by atoms with Gasteiger partial charge in [-0.1, -0.05) is 12.1 Å². The second-order valence-corrected chi connectivity index (χ2v) is 7.30. The number of rotatable bonds is 5. The van der Waals surface area contributed by atoms with Crippen LogP contribution < -0.4 is 10.1 Å². The maximum absolute atomic E-state index is 11.5. The third kappa shape index (κ3) is 4.63. The van der Waals surface area contributed by atoms with Crippen LogP contribution in [0.15, 0.2) is 29.2 Å². The molecule has 0 aromatic heterocycles. The third-order valence-corrected chi connectivity index (χ3v) is 5.31. The smallest absolute Gasteiger partial charge is 0.306 e. The summed E-state index contributed by atoms with van der Waals surface area (Å²) < 4.78 is 5.80. The number of imide groups is 1. The number of carboxylic acids is 1. The molecule has 1 aromatic carbocycles. The van der Waals surface area contributed by atoms with E-state index in [-0.39, 0.29) is 17.1 Å². The summed E-state index contributed by atoms with van der Waals surface area (Å²) in [5.41, 5.74) is 0.821. The van der Waals surface area contributed by atoms with Crippen LogP contribution in [0, 0.1) is 11.8 Å². The topological polar surface area (TPSA) is 92.7 Å². The van der Waals surface area contributed by atoms with Gasteiger partial charge in [0.2, 0.25) is 0 Å². The van der Waals surface area contributed by atoms with E-state index in [9.17, 15) is 14.4 Å². The maximum atomic E-state index is 11.5. The minimum Gasteiger partial charge on any atom is -0.493 e. The molecule has 1 saturated carbocycles. The van der Waals surface area contributed by atoms with E-state index in [0.29, 0.717) is 30.3 Å². The Morgan fingerprint density at radius 3 is 2.44 bits per heavy atom. The number of benzene rings is 1. The summed E-state index contributed by atoms with van der Waals surface area (Å²) in [4.78, 5) is 34.0. The zero-order valence-corrected chi connectivity index (χ0v) is 14.4. The molecular weight excluding hydrogens is 342 g/mol. The Morgan fingerprint density at radius 1 is 1.20 bits per heavy atom. The number of aliphatic carboxylic acids is 1. The predicted octanol–water partition coefficient (Wildman–Crippen LogP) is 3.28. The highest BCUT2D eigenvalue weighted by atomic mass is 32.2. The summed E-state index contributed by atoms with van der Waals surface area (Å²) in [6.45, 7) is 0.583. The average molecular weight is 361 g/mol. The Morgan fingerprint density at radius 2 is 1.88 bits per heavy atom. The number of carbonyl (C=O) groups is 3. The average Bonchev–Trinajstić information content (AvgIpc) is 2.92. The summed E-state index contributed by atoms with van der Waals surface area (Å²) >= 11 is 0.892. The number of ether oxygens (including phenoxy) is 1. The van der Waals surface area contributed by atoms with Crippen molar-refractivity contribution in [3.05, 3.63) is 34.7 Å². The van der Waals surface area contributed by atoms with Gasteiger partial charge in [0.25, 0.3) is 11.1 Å². The van der Waals surface area contributed by atoms with E-state index in [4.69, 9.17) is 9.84 Å². The molecule has 1 aliphatic heterocycles. The van der Waals surface area contributed by atoms with Crippen molar-refractivity contribution >= 4 is 35.0 Å². The molecule has 25 heavy (non-hydrogen) atoms. The van der Waals surface area contributed by atoms with Gasteiger partial charge < -0.3 is 9.84 Å². The van der Waals surface area contributed by atoms with Gasteiger partial charge in [-0.25, -0.2) is 0 Å². The number of nitrogens with one attached hydrogen (secondary N) is 1. The highest BCUT2D eigenvalue weighted by molar-refractivity contribution is 8.18. The standard InChI is InChI=1S/C18H19NO5S/c20-16-15(25-18(23)19-16)9-11-3-7-14(8-4-11)24-10-12-1-5-13(6-2-12)17(21)22/h3-4,7-9,12-13H,1-2,5-6,10H2,(H,21,22)(H,19,20,23)/b15-9-. The first kappa shape index (κ1) is 17.5. The summed E-state index contributed by atoms with van der Waals surface area (Å²) in [7, 11) is 0. The summed E-state index contributed by atoms with van der Waals surface area (Å²) in [5.74, 6) is -0.141. The van der Waals surface area contributed by atoms with E-state index in [1.54, 1.807) is 6.08 Å². The largest absolute Gasteiger partial charge is 0.493 e. The lowest BCUT2D eigenvalue weighted by Gasteiger charge is -2.25. The molecule has 0 spiro atoms. The Bertz CT molecular complexity index is 705. The monoisotopic (exact) mass is 361 g/mol. The van der Waals surface area contributed by atoms with E-state index in [0.717, 1.165) is 35.9 Å². The molecule has 1 aromatic rings. The van der Waals surface area contributed by atoms with E-state index in [1.807, 2.05) is 24.3 Å². The van der Waals surface area contributed by atoms with Crippen LogP contribution in [0.25, 0.3) is 6.08 Å². The fourth-order valence-corrected chi connectivity index (χ4v) is 3.71. The first-order valence-corrected chi connectivity index (χ1v) is 9.03. The van der Waals surface area contributed by atoms with Gasteiger partial charge in [0.05, 0.1) is 17.4 Å². The van der Waals surface area contributed by atoms with Gasteiger partial charge in [-0.3, -0.25) is 19.7 Å². The molecular formula is C18H19NO5S. The van der Waals surface area contributed by atoms with Crippen LogP contribution >= 0.6 is 11.8 Å².